The monoisotopic (exact) mass is 375 g/mol. The van der Waals surface area contributed by atoms with Crippen LogP contribution in [-0.4, -0.2) is 60.3 Å². The molecule has 1 saturated carbocycles. The van der Waals surface area contributed by atoms with Crippen molar-refractivity contribution in [3.8, 4) is 0 Å². The number of nitrogens with zero attached hydrogens (tertiary/aromatic N) is 3. The average Bonchev–Trinajstić information content (AvgIpc) is 3.43. The van der Waals surface area contributed by atoms with Crippen molar-refractivity contribution in [2.45, 2.75) is 51.6 Å². The number of carbonyl (C=O) groups excluding carboxylic acids is 2. The van der Waals surface area contributed by atoms with Gasteiger partial charge >= 0.3 is 12.1 Å². The average molecular weight is 375 g/mol. The molecule has 3 rings (SSSR count). The highest BCUT2D eigenvalue weighted by Crippen LogP contribution is 2.51. The van der Waals surface area contributed by atoms with E-state index >= 15 is 0 Å². The summed E-state index contributed by atoms with van der Waals surface area (Å²) in [4.78, 5) is 33.2. The highest BCUT2D eigenvalue weighted by Gasteiger charge is 2.54. The number of anilines is 1. The molecule has 148 valence electrons. The van der Waals surface area contributed by atoms with E-state index in [0.29, 0.717) is 32.8 Å². The minimum Gasteiger partial charge on any atom is -0.465 e. The van der Waals surface area contributed by atoms with Gasteiger partial charge in [-0.1, -0.05) is 6.07 Å². The van der Waals surface area contributed by atoms with Crippen LogP contribution in [-0.2, 0) is 19.7 Å². The minimum absolute atomic E-state index is 0.161. The Morgan fingerprint density at radius 2 is 1.85 bits per heavy atom. The standard InChI is InChI=1S/C20H29N3O4/c1-5-26-17(24)20(8-9-20)15-7-6-10-21-16(15)22-11-13-23(14-12-22)18(25)27-19(2,3)4/h6-7,10H,5,8-9,11-14H2,1-4H3. The number of ether oxygens (including phenoxy) is 2. The van der Waals surface area contributed by atoms with E-state index in [1.54, 1.807) is 11.1 Å². The van der Waals surface area contributed by atoms with E-state index in [2.05, 4.69) is 9.88 Å². The van der Waals surface area contributed by atoms with Gasteiger partial charge in [0.05, 0.1) is 12.0 Å². The van der Waals surface area contributed by atoms with Crippen molar-refractivity contribution in [1.82, 2.24) is 9.88 Å². The van der Waals surface area contributed by atoms with Crippen LogP contribution in [0, 0.1) is 0 Å². The number of pyridine rings is 1. The number of rotatable bonds is 4. The molecule has 1 aromatic heterocycles. The lowest BCUT2D eigenvalue weighted by Gasteiger charge is -2.37. The minimum atomic E-state index is -0.554. The fraction of sp³-hybridized carbons (Fsp3) is 0.650. The summed E-state index contributed by atoms with van der Waals surface area (Å²) in [6, 6.07) is 3.85. The van der Waals surface area contributed by atoms with Crippen LogP contribution >= 0.6 is 0 Å². The first-order valence-corrected chi connectivity index (χ1v) is 9.62. The van der Waals surface area contributed by atoms with E-state index in [1.807, 2.05) is 39.8 Å². The number of amides is 1. The molecule has 1 aliphatic heterocycles. The summed E-state index contributed by atoms with van der Waals surface area (Å²) in [5, 5.41) is 0. The van der Waals surface area contributed by atoms with Gasteiger partial charge in [-0.3, -0.25) is 4.79 Å². The van der Waals surface area contributed by atoms with Crippen molar-refractivity contribution in [1.29, 1.82) is 0 Å². The summed E-state index contributed by atoms with van der Waals surface area (Å²) < 4.78 is 10.8. The molecule has 2 heterocycles. The summed E-state index contributed by atoms with van der Waals surface area (Å²) in [7, 11) is 0. The van der Waals surface area contributed by atoms with Gasteiger partial charge in [0.1, 0.15) is 11.4 Å². The highest BCUT2D eigenvalue weighted by atomic mass is 16.6. The molecule has 1 aliphatic carbocycles. The van der Waals surface area contributed by atoms with E-state index in [9.17, 15) is 9.59 Å². The Balaban J connectivity index is 1.71. The molecule has 0 aromatic carbocycles. The Morgan fingerprint density at radius 3 is 2.41 bits per heavy atom. The normalized spacial score (nSPS) is 18.8. The summed E-state index contributed by atoms with van der Waals surface area (Å²) in [6.45, 7) is 10.3. The molecule has 1 aromatic rings. The van der Waals surface area contributed by atoms with Gasteiger partial charge in [0.15, 0.2) is 0 Å². The van der Waals surface area contributed by atoms with Gasteiger partial charge in [-0.2, -0.15) is 0 Å². The van der Waals surface area contributed by atoms with E-state index < -0.39 is 11.0 Å². The van der Waals surface area contributed by atoms with Crippen LogP contribution in [0.2, 0.25) is 0 Å². The molecular formula is C20H29N3O4. The van der Waals surface area contributed by atoms with Crippen molar-refractivity contribution in [2.24, 2.45) is 0 Å². The lowest BCUT2D eigenvalue weighted by atomic mass is 9.96. The summed E-state index contributed by atoms with van der Waals surface area (Å²) in [5.41, 5.74) is -0.114. The Bertz CT molecular complexity index is 701. The van der Waals surface area contributed by atoms with Crippen LogP contribution in [0.25, 0.3) is 0 Å². The molecule has 7 nitrogen and oxygen atoms in total. The van der Waals surface area contributed by atoms with E-state index in [1.165, 1.54) is 0 Å². The van der Waals surface area contributed by atoms with Crippen LogP contribution in [0.3, 0.4) is 0 Å². The molecule has 0 N–H and O–H groups in total. The summed E-state index contributed by atoms with van der Waals surface area (Å²) in [6.07, 6.45) is 3.05. The second-order valence-corrected chi connectivity index (χ2v) is 8.13. The first-order chi connectivity index (χ1) is 12.8. The Kier molecular flexibility index (Phi) is 5.31. The second-order valence-electron chi connectivity index (χ2n) is 8.13. The maximum Gasteiger partial charge on any atom is 0.410 e. The van der Waals surface area contributed by atoms with Gasteiger partial charge in [-0.15, -0.1) is 0 Å². The second kappa shape index (κ2) is 7.37. The van der Waals surface area contributed by atoms with Crippen molar-refractivity contribution >= 4 is 17.9 Å². The fourth-order valence-electron chi connectivity index (χ4n) is 3.43. The first kappa shape index (κ1) is 19.5. The number of hydrogen-bond acceptors (Lipinski definition) is 6. The van der Waals surface area contributed by atoms with Crippen LogP contribution in [0.1, 0.15) is 46.1 Å². The molecule has 0 bridgehead atoms. The maximum atomic E-state index is 12.5. The zero-order chi connectivity index (χ0) is 19.7. The maximum absolute atomic E-state index is 12.5. The molecule has 0 atom stereocenters. The summed E-state index contributed by atoms with van der Waals surface area (Å²) in [5.74, 6) is 0.665. The Labute approximate surface area is 160 Å². The van der Waals surface area contributed by atoms with Crippen molar-refractivity contribution in [3.63, 3.8) is 0 Å². The molecule has 0 radical (unpaired) electrons. The first-order valence-electron chi connectivity index (χ1n) is 9.62. The number of esters is 1. The lowest BCUT2D eigenvalue weighted by molar-refractivity contribution is -0.146. The number of aromatic nitrogens is 1. The molecule has 7 heteroatoms. The molecule has 0 unspecified atom stereocenters. The zero-order valence-electron chi connectivity index (χ0n) is 16.7. The molecular weight excluding hydrogens is 346 g/mol. The number of carbonyl (C=O) groups is 2. The van der Waals surface area contributed by atoms with Gasteiger partial charge in [-0.05, 0) is 46.6 Å². The van der Waals surface area contributed by atoms with Crippen LogP contribution < -0.4 is 4.90 Å². The zero-order valence-corrected chi connectivity index (χ0v) is 16.7. The van der Waals surface area contributed by atoms with E-state index in [0.717, 1.165) is 24.2 Å². The molecule has 2 fully saturated rings. The summed E-state index contributed by atoms with van der Waals surface area (Å²) >= 11 is 0. The Morgan fingerprint density at radius 1 is 1.19 bits per heavy atom. The molecule has 27 heavy (non-hydrogen) atoms. The van der Waals surface area contributed by atoms with Crippen LogP contribution in [0.4, 0.5) is 10.6 Å². The fourth-order valence-corrected chi connectivity index (χ4v) is 3.43. The topological polar surface area (TPSA) is 72.0 Å². The van der Waals surface area contributed by atoms with Crippen molar-refractivity contribution in [2.75, 3.05) is 37.7 Å². The van der Waals surface area contributed by atoms with Crippen LogP contribution in [0.15, 0.2) is 18.3 Å². The molecule has 2 aliphatic rings. The van der Waals surface area contributed by atoms with Crippen molar-refractivity contribution in [3.05, 3.63) is 23.9 Å². The van der Waals surface area contributed by atoms with Crippen LogP contribution in [0.5, 0.6) is 0 Å². The van der Waals surface area contributed by atoms with Crippen molar-refractivity contribution < 1.29 is 19.1 Å². The number of hydrogen-bond donors (Lipinski definition) is 0. The van der Waals surface area contributed by atoms with Gasteiger partial charge in [0.2, 0.25) is 0 Å². The van der Waals surface area contributed by atoms with Gasteiger partial charge in [-0.25, -0.2) is 9.78 Å². The Hall–Kier alpha value is -2.31. The number of piperazine rings is 1. The highest BCUT2D eigenvalue weighted by molar-refractivity contribution is 5.88. The molecule has 0 spiro atoms. The lowest BCUT2D eigenvalue weighted by Crippen LogP contribution is -2.50. The van der Waals surface area contributed by atoms with E-state index in [-0.39, 0.29) is 12.1 Å². The third-order valence-electron chi connectivity index (χ3n) is 4.95. The largest absolute Gasteiger partial charge is 0.465 e. The predicted molar refractivity (Wildman–Crippen MR) is 102 cm³/mol. The quantitative estimate of drug-likeness (QED) is 0.754. The van der Waals surface area contributed by atoms with Gasteiger partial charge in [0.25, 0.3) is 0 Å². The van der Waals surface area contributed by atoms with Gasteiger partial charge in [0, 0.05) is 37.9 Å². The van der Waals surface area contributed by atoms with E-state index in [4.69, 9.17) is 9.47 Å². The third-order valence-corrected chi connectivity index (χ3v) is 4.95. The molecule has 1 saturated heterocycles. The smallest absolute Gasteiger partial charge is 0.410 e. The molecule has 1 amide bonds. The predicted octanol–water partition coefficient (Wildman–Crippen LogP) is 2.73. The van der Waals surface area contributed by atoms with Gasteiger partial charge < -0.3 is 19.3 Å². The SMILES string of the molecule is CCOC(=O)C1(c2cccnc2N2CCN(C(=O)OC(C)(C)C)CC2)CC1. The third kappa shape index (κ3) is 4.17.